The molecule has 1 heterocycles. The number of hydrogen-bond acceptors (Lipinski definition) is 3. The van der Waals surface area contributed by atoms with Crippen molar-refractivity contribution < 1.29 is 4.79 Å². The maximum absolute atomic E-state index is 11.6. The van der Waals surface area contributed by atoms with Gasteiger partial charge < -0.3 is 16.0 Å². The number of hydrogen-bond donors (Lipinski definition) is 3. The maximum atomic E-state index is 11.6. The molecule has 0 spiro atoms. The normalized spacial score (nSPS) is 17.7. The third kappa shape index (κ3) is 7.65. The number of rotatable bonds is 7. The van der Waals surface area contributed by atoms with Gasteiger partial charge in [0.1, 0.15) is 0 Å². The van der Waals surface area contributed by atoms with Gasteiger partial charge in [-0.15, -0.1) is 24.0 Å². The van der Waals surface area contributed by atoms with E-state index in [-0.39, 0.29) is 29.9 Å². The van der Waals surface area contributed by atoms with Gasteiger partial charge in [-0.3, -0.25) is 14.7 Å². The Labute approximate surface area is 180 Å². The minimum Gasteiger partial charge on any atom is -0.355 e. The molecule has 6 nitrogen and oxygen atoms in total. The average molecular weight is 487 g/mol. The summed E-state index contributed by atoms with van der Waals surface area (Å²) >= 11 is 0. The van der Waals surface area contributed by atoms with Crippen LogP contribution in [0.4, 0.5) is 0 Å². The van der Waals surface area contributed by atoms with E-state index < -0.39 is 0 Å². The number of amides is 1. The molecule has 0 saturated carbocycles. The molecule has 27 heavy (non-hydrogen) atoms. The van der Waals surface area contributed by atoms with Crippen molar-refractivity contribution in [2.75, 3.05) is 33.7 Å². The van der Waals surface area contributed by atoms with Gasteiger partial charge >= 0.3 is 0 Å². The van der Waals surface area contributed by atoms with Gasteiger partial charge in [0, 0.05) is 45.3 Å². The Balaban J connectivity index is 0.00000364. The van der Waals surface area contributed by atoms with E-state index in [0.717, 1.165) is 30.7 Å². The Kier molecular flexibility index (Phi) is 11.3. The molecule has 152 valence electrons. The second kappa shape index (κ2) is 12.9. The van der Waals surface area contributed by atoms with Crippen LogP contribution in [0, 0.1) is 0 Å². The summed E-state index contributed by atoms with van der Waals surface area (Å²) in [6.07, 6.45) is 5.24. The van der Waals surface area contributed by atoms with Crippen LogP contribution in [0.25, 0.3) is 0 Å². The molecule has 1 aromatic rings. The summed E-state index contributed by atoms with van der Waals surface area (Å²) < 4.78 is 0. The number of guanidine groups is 1. The summed E-state index contributed by atoms with van der Waals surface area (Å²) in [6, 6.07) is 8.34. The summed E-state index contributed by atoms with van der Waals surface area (Å²) in [5.41, 5.74) is 1.79. The molecule has 0 radical (unpaired) electrons. The zero-order valence-corrected chi connectivity index (χ0v) is 19.1. The van der Waals surface area contributed by atoms with E-state index in [4.69, 9.17) is 0 Å². The first kappa shape index (κ1) is 23.7. The number of nitrogens with zero attached hydrogens (tertiary/aromatic N) is 2. The van der Waals surface area contributed by atoms with Crippen LogP contribution >= 0.6 is 24.0 Å². The predicted octanol–water partition coefficient (Wildman–Crippen LogP) is 2.59. The highest BCUT2D eigenvalue weighted by Gasteiger charge is 2.19. The number of aliphatic imine (C=N–C) groups is 1. The highest BCUT2D eigenvalue weighted by molar-refractivity contribution is 14.0. The molecular formula is C20H34IN5O. The van der Waals surface area contributed by atoms with Crippen molar-refractivity contribution in [2.24, 2.45) is 4.99 Å². The lowest BCUT2D eigenvalue weighted by atomic mass is 10.0. The van der Waals surface area contributed by atoms with E-state index in [0.29, 0.717) is 12.1 Å². The second-order valence-electron chi connectivity index (χ2n) is 6.72. The van der Waals surface area contributed by atoms with Gasteiger partial charge in [-0.1, -0.05) is 25.5 Å². The molecule has 7 heteroatoms. The molecule has 0 aliphatic carbocycles. The highest BCUT2D eigenvalue weighted by atomic mass is 127. The van der Waals surface area contributed by atoms with Crippen LogP contribution < -0.4 is 16.0 Å². The van der Waals surface area contributed by atoms with Crippen LogP contribution in [0.2, 0.25) is 0 Å². The zero-order valence-electron chi connectivity index (χ0n) is 16.8. The summed E-state index contributed by atoms with van der Waals surface area (Å²) in [5.74, 6) is 0.746. The Hall–Kier alpha value is -1.35. The lowest BCUT2D eigenvalue weighted by molar-refractivity contribution is 0.0963. The number of likely N-dealkylation sites (tertiary alicyclic amines) is 1. The van der Waals surface area contributed by atoms with Gasteiger partial charge in [0.05, 0.1) is 0 Å². The molecule has 0 aromatic heterocycles. The molecule has 1 aliphatic heterocycles. The van der Waals surface area contributed by atoms with Crippen LogP contribution in [0.15, 0.2) is 29.3 Å². The van der Waals surface area contributed by atoms with Crippen LogP contribution in [0.1, 0.15) is 48.5 Å². The monoisotopic (exact) mass is 487 g/mol. The fraction of sp³-hybridized carbons (Fsp3) is 0.600. The van der Waals surface area contributed by atoms with Crippen molar-refractivity contribution in [2.45, 2.75) is 45.2 Å². The van der Waals surface area contributed by atoms with Gasteiger partial charge in [0.15, 0.2) is 5.96 Å². The van der Waals surface area contributed by atoms with Crippen LogP contribution in [-0.4, -0.2) is 56.5 Å². The van der Waals surface area contributed by atoms with Gasteiger partial charge in [0.25, 0.3) is 5.91 Å². The molecule has 1 atom stereocenters. The fourth-order valence-corrected chi connectivity index (χ4v) is 3.46. The smallest absolute Gasteiger partial charge is 0.251 e. The molecule has 0 bridgehead atoms. The standard InChI is InChI=1S/C20H33N5O.HI/c1-4-18-7-5-6-13-25(18)14-12-23-20(22-3)24-15-16-8-10-17(11-9-16)19(26)21-2;/h8-11,18H,4-7,12-15H2,1-3H3,(H,21,26)(H2,22,23,24);1H. The topological polar surface area (TPSA) is 68.8 Å². The maximum Gasteiger partial charge on any atom is 0.251 e. The predicted molar refractivity (Wildman–Crippen MR) is 123 cm³/mol. The van der Waals surface area contributed by atoms with E-state index in [1.165, 1.54) is 32.2 Å². The lowest BCUT2D eigenvalue weighted by Crippen LogP contribution is -2.45. The molecule has 1 fully saturated rings. The number of benzene rings is 1. The SMILES string of the molecule is CCC1CCCCN1CCNC(=NC)NCc1ccc(C(=O)NC)cc1.I. The molecule has 1 amide bonds. The molecule has 2 rings (SSSR count). The molecule has 1 unspecified atom stereocenters. The molecular weight excluding hydrogens is 453 g/mol. The molecule has 3 N–H and O–H groups in total. The third-order valence-corrected chi connectivity index (χ3v) is 5.04. The van der Waals surface area contributed by atoms with Crippen molar-refractivity contribution in [1.82, 2.24) is 20.9 Å². The van der Waals surface area contributed by atoms with Crippen molar-refractivity contribution in [3.63, 3.8) is 0 Å². The van der Waals surface area contributed by atoms with Crippen molar-refractivity contribution in [3.05, 3.63) is 35.4 Å². The first-order chi connectivity index (χ1) is 12.7. The van der Waals surface area contributed by atoms with E-state index in [1.54, 1.807) is 14.1 Å². The van der Waals surface area contributed by atoms with E-state index in [9.17, 15) is 4.79 Å². The largest absolute Gasteiger partial charge is 0.355 e. The quantitative estimate of drug-likeness (QED) is 0.314. The minimum atomic E-state index is -0.0647. The Morgan fingerprint density at radius 1 is 1.22 bits per heavy atom. The van der Waals surface area contributed by atoms with E-state index in [1.807, 2.05) is 24.3 Å². The van der Waals surface area contributed by atoms with Crippen molar-refractivity contribution in [3.8, 4) is 0 Å². The van der Waals surface area contributed by atoms with Gasteiger partial charge in [0.2, 0.25) is 0 Å². The minimum absolute atomic E-state index is 0. The number of nitrogens with one attached hydrogen (secondary N) is 3. The number of halogens is 1. The van der Waals surface area contributed by atoms with Crippen LogP contribution in [-0.2, 0) is 6.54 Å². The first-order valence-corrected chi connectivity index (χ1v) is 9.67. The number of piperidine rings is 1. The van der Waals surface area contributed by atoms with Crippen LogP contribution in [0.3, 0.4) is 0 Å². The fourth-order valence-electron chi connectivity index (χ4n) is 3.46. The van der Waals surface area contributed by atoms with Gasteiger partial charge in [-0.05, 0) is 43.5 Å². The summed E-state index contributed by atoms with van der Waals surface area (Å²) in [7, 11) is 3.43. The lowest BCUT2D eigenvalue weighted by Gasteiger charge is -2.35. The number of carbonyl (C=O) groups excluding carboxylic acids is 1. The van der Waals surface area contributed by atoms with Crippen molar-refractivity contribution >= 4 is 35.8 Å². The Bertz CT molecular complexity index is 591. The zero-order chi connectivity index (χ0) is 18.8. The van der Waals surface area contributed by atoms with Gasteiger partial charge in [-0.2, -0.15) is 0 Å². The summed E-state index contributed by atoms with van der Waals surface area (Å²) in [5, 5.41) is 9.36. The van der Waals surface area contributed by atoms with Crippen LogP contribution in [0.5, 0.6) is 0 Å². The highest BCUT2D eigenvalue weighted by Crippen LogP contribution is 2.18. The summed E-state index contributed by atoms with van der Waals surface area (Å²) in [6.45, 7) is 6.12. The van der Waals surface area contributed by atoms with E-state index in [2.05, 4.69) is 32.8 Å². The number of carbonyl (C=O) groups is 1. The third-order valence-electron chi connectivity index (χ3n) is 5.04. The first-order valence-electron chi connectivity index (χ1n) is 9.67. The molecule has 1 saturated heterocycles. The molecule has 1 aliphatic rings. The van der Waals surface area contributed by atoms with E-state index >= 15 is 0 Å². The molecule has 1 aromatic carbocycles. The van der Waals surface area contributed by atoms with Gasteiger partial charge in [-0.25, -0.2) is 0 Å². The van der Waals surface area contributed by atoms with Crippen molar-refractivity contribution in [1.29, 1.82) is 0 Å². The average Bonchev–Trinajstić information content (AvgIpc) is 2.70. The summed E-state index contributed by atoms with van der Waals surface area (Å²) in [4.78, 5) is 18.5. The second-order valence-corrected chi connectivity index (χ2v) is 6.72. The Morgan fingerprint density at radius 3 is 2.59 bits per heavy atom. The Morgan fingerprint density at radius 2 is 1.96 bits per heavy atom.